The van der Waals surface area contributed by atoms with E-state index in [-0.39, 0.29) is 13.2 Å². The van der Waals surface area contributed by atoms with Crippen LogP contribution >= 0.6 is 0 Å². The number of alkyl carbamates (subject to hydrolysis) is 1. The first-order valence-corrected chi connectivity index (χ1v) is 9.69. The number of anilines is 2. The number of hydrogen-bond acceptors (Lipinski definition) is 6. The van der Waals surface area contributed by atoms with E-state index >= 15 is 0 Å². The molecule has 2 amide bonds. The molecule has 0 bridgehead atoms. The molecule has 2 saturated heterocycles. The molecule has 8 nitrogen and oxygen atoms in total. The fourth-order valence-electron chi connectivity index (χ4n) is 2.86. The molecule has 2 aliphatic rings. The summed E-state index contributed by atoms with van der Waals surface area (Å²) in [6, 6.07) is 4.54. The highest BCUT2D eigenvalue weighted by atomic mass is 32.2. The molecular weight excluding hydrogens is 365 g/mol. The van der Waals surface area contributed by atoms with Crippen molar-refractivity contribution in [1.29, 1.82) is 0 Å². The Morgan fingerprint density at radius 3 is 2.85 bits per heavy atom. The van der Waals surface area contributed by atoms with Crippen molar-refractivity contribution in [2.75, 3.05) is 54.6 Å². The van der Waals surface area contributed by atoms with Gasteiger partial charge in [-0.2, -0.15) is 0 Å². The van der Waals surface area contributed by atoms with Gasteiger partial charge in [-0.1, -0.05) is 11.2 Å². The monoisotopic (exact) mass is 385 g/mol. The predicted molar refractivity (Wildman–Crippen MR) is 94.5 cm³/mol. The van der Waals surface area contributed by atoms with Crippen molar-refractivity contribution in [2.45, 2.75) is 6.10 Å². The van der Waals surface area contributed by atoms with Gasteiger partial charge in [0.1, 0.15) is 23.9 Å². The van der Waals surface area contributed by atoms with E-state index < -0.39 is 35.3 Å². The Morgan fingerprint density at radius 2 is 2.19 bits per heavy atom. The van der Waals surface area contributed by atoms with Crippen LogP contribution in [0.2, 0.25) is 0 Å². The van der Waals surface area contributed by atoms with Gasteiger partial charge in [0.25, 0.3) is 0 Å². The van der Waals surface area contributed by atoms with E-state index in [0.717, 1.165) is 0 Å². The lowest BCUT2D eigenvalue weighted by molar-refractivity contribution is 0.0745. The highest BCUT2D eigenvalue weighted by Gasteiger charge is 2.34. The normalized spacial score (nSPS) is 20.9. The Labute approximate surface area is 153 Å². The third kappa shape index (κ3) is 4.13. The zero-order valence-corrected chi connectivity index (χ0v) is 15.1. The summed E-state index contributed by atoms with van der Waals surface area (Å²) in [6.07, 6.45) is -1.84. The summed E-state index contributed by atoms with van der Waals surface area (Å²) in [7, 11) is 1.43. The molecule has 1 atom stereocenters. The maximum Gasteiger partial charge on any atom is 0.414 e. The summed E-state index contributed by atoms with van der Waals surface area (Å²) < 4.78 is 36.0. The van der Waals surface area contributed by atoms with E-state index in [1.165, 1.54) is 18.0 Å². The lowest BCUT2D eigenvalue weighted by atomic mass is 10.2. The lowest BCUT2D eigenvalue weighted by Crippen LogP contribution is -2.40. The highest BCUT2D eigenvalue weighted by molar-refractivity contribution is 7.91. The Kier molecular flexibility index (Phi) is 5.72. The molecule has 26 heavy (non-hydrogen) atoms. The number of amides is 2. The number of benzene rings is 1. The van der Waals surface area contributed by atoms with Crippen molar-refractivity contribution in [3.8, 4) is 0 Å². The summed E-state index contributed by atoms with van der Waals surface area (Å²) >= 11 is -0.837. The zero-order chi connectivity index (χ0) is 18.7. The quantitative estimate of drug-likeness (QED) is 0.780. The third-order valence-corrected chi connectivity index (χ3v) is 5.52. The van der Waals surface area contributed by atoms with E-state index in [0.29, 0.717) is 36.0 Å². The molecule has 0 aromatic heterocycles. The number of hydrogen-bond donors (Lipinski definition) is 1. The number of rotatable bonds is 4. The van der Waals surface area contributed by atoms with E-state index in [9.17, 15) is 18.5 Å². The van der Waals surface area contributed by atoms with Crippen molar-refractivity contribution in [2.24, 2.45) is 0 Å². The first kappa shape index (κ1) is 18.6. The van der Waals surface area contributed by atoms with Crippen molar-refractivity contribution < 1.29 is 28.0 Å². The van der Waals surface area contributed by atoms with Crippen molar-refractivity contribution in [3.05, 3.63) is 24.0 Å². The molecule has 1 N–H and O–H groups in total. The van der Waals surface area contributed by atoms with Crippen LogP contribution in [0.4, 0.5) is 25.4 Å². The van der Waals surface area contributed by atoms with Crippen LogP contribution in [0.25, 0.3) is 0 Å². The number of carbonyl (C=O) groups is 2. The van der Waals surface area contributed by atoms with Crippen LogP contribution in [0.1, 0.15) is 0 Å². The van der Waals surface area contributed by atoms with Crippen LogP contribution in [0.3, 0.4) is 0 Å². The molecule has 1 aromatic carbocycles. The molecule has 3 rings (SSSR count). The second-order valence-electron chi connectivity index (χ2n) is 5.94. The van der Waals surface area contributed by atoms with E-state index in [1.54, 1.807) is 12.1 Å². The number of nitrogens with zero attached hydrogens (tertiary/aromatic N) is 2. The second kappa shape index (κ2) is 8.00. The molecule has 2 heterocycles. The molecule has 0 aliphatic carbocycles. The molecule has 2 fully saturated rings. The minimum absolute atomic E-state index is 0.0760. The van der Waals surface area contributed by atoms with Gasteiger partial charge in [0, 0.05) is 7.05 Å². The molecule has 0 radical (unpaired) electrons. The van der Waals surface area contributed by atoms with Crippen LogP contribution in [0.5, 0.6) is 0 Å². The van der Waals surface area contributed by atoms with Crippen LogP contribution in [-0.2, 0) is 20.6 Å². The standard InChI is InChI=1S/C16H20FN3O5S/c1-18-15(21)24-10-12-9-20(16(22)25-12)11-2-3-14(13(17)8-11)19-4-6-26(23)7-5-19/h2-3,8,12H,4-7,9-10H2,1H3,(H,18,21). The molecule has 0 spiro atoms. The minimum atomic E-state index is -0.837. The molecule has 0 saturated carbocycles. The molecule has 2 aliphatic heterocycles. The Balaban J connectivity index is 1.65. The Hall–Kier alpha value is -2.20. The van der Waals surface area contributed by atoms with Crippen LogP contribution < -0.4 is 15.1 Å². The second-order valence-corrected chi connectivity index (χ2v) is 7.63. The number of cyclic esters (lactones) is 1. The summed E-state index contributed by atoms with van der Waals surface area (Å²) in [4.78, 5) is 26.3. The van der Waals surface area contributed by atoms with Gasteiger partial charge in [0.2, 0.25) is 0 Å². The van der Waals surface area contributed by atoms with Gasteiger partial charge in [-0.05, 0) is 18.2 Å². The van der Waals surface area contributed by atoms with Crippen LogP contribution in [0.15, 0.2) is 18.2 Å². The zero-order valence-electron chi connectivity index (χ0n) is 14.3. The molecule has 1 aromatic rings. The molecule has 10 heteroatoms. The highest BCUT2D eigenvalue weighted by Crippen LogP contribution is 2.28. The maximum absolute atomic E-state index is 14.5. The Morgan fingerprint density at radius 1 is 1.46 bits per heavy atom. The lowest BCUT2D eigenvalue weighted by Gasteiger charge is -2.30. The van der Waals surface area contributed by atoms with Crippen LogP contribution in [-0.4, -0.2) is 67.6 Å². The van der Waals surface area contributed by atoms with Gasteiger partial charge in [-0.3, -0.25) is 4.90 Å². The first-order valence-electron chi connectivity index (χ1n) is 8.20. The van der Waals surface area contributed by atoms with Gasteiger partial charge in [-0.25, -0.2) is 14.0 Å². The molecule has 142 valence electrons. The van der Waals surface area contributed by atoms with Crippen molar-refractivity contribution in [3.63, 3.8) is 0 Å². The SMILES string of the molecule is CNC(=O)OCC1CN(c2ccc(N3CC[S+]([O-])CC3)c(F)c2)C(=O)O1. The predicted octanol–water partition coefficient (Wildman–Crippen LogP) is 1.08. The van der Waals surface area contributed by atoms with Gasteiger partial charge in [0.05, 0.1) is 31.0 Å². The van der Waals surface area contributed by atoms with Crippen LogP contribution in [0, 0.1) is 5.82 Å². The molecule has 1 unspecified atom stereocenters. The van der Waals surface area contributed by atoms with Gasteiger partial charge in [0.15, 0.2) is 6.10 Å². The number of carbonyl (C=O) groups excluding carboxylic acids is 2. The van der Waals surface area contributed by atoms with E-state index in [2.05, 4.69) is 5.32 Å². The van der Waals surface area contributed by atoms with Gasteiger partial charge < -0.3 is 24.2 Å². The summed E-state index contributed by atoms with van der Waals surface area (Å²) in [6.45, 7) is 1.16. The average Bonchev–Trinajstić information content (AvgIpc) is 3.01. The fraction of sp³-hybridized carbons (Fsp3) is 0.500. The Bertz CT molecular complexity index is 684. The largest absolute Gasteiger partial charge is 0.616 e. The first-order chi connectivity index (χ1) is 12.5. The van der Waals surface area contributed by atoms with Crippen molar-refractivity contribution >= 4 is 34.7 Å². The van der Waals surface area contributed by atoms with E-state index in [4.69, 9.17) is 9.47 Å². The van der Waals surface area contributed by atoms with Gasteiger partial charge in [-0.15, -0.1) is 0 Å². The minimum Gasteiger partial charge on any atom is -0.616 e. The topological polar surface area (TPSA) is 94.2 Å². The smallest absolute Gasteiger partial charge is 0.414 e. The average molecular weight is 385 g/mol. The summed E-state index contributed by atoms with van der Waals surface area (Å²) in [5.41, 5.74) is 0.803. The summed E-state index contributed by atoms with van der Waals surface area (Å²) in [5, 5.41) is 2.30. The number of ether oxygens (including phenoxy) is 2. The molecular formula is C16H20FN3O5S. The van der Waals surface area contributed by atoms with Gasteiger partial charge >= 0.3 is 12.2 Å². The number of halogens is 1. The fourth-order valence-corrected chi connectivity index (χ4v) is 3.91. The maximum atomic E-state index is 14.5. The number of nitrogens with one attached hydrogen (secondary N) is 1. The summed E-state index contributed by atoms with van der Waals surface area (Å²) in [5.74, 6) is 0.590. The van der Waals surface area contributed by atoms with E-state index in [1.807, 2.05) is 4.90 Å². The van der Waals surface area contributed by atoms with Crippen molar-refractivity contribution in [1.82, 2.24) is 5.32 Å². The third-order valence-electron chi connectivity index (χ3n) is 4.24.